The first kappa shape index (κ1) is 12.6. The van der Waals surface area contributed by atoms with Gasteiger partial charge in [-0.2, -0.15) is 5.10 Å². The summed E-state index contributed by atoms with van der Waals surface area (Å²) in [4.78, 5) is 0. The Morgan fingerprint density at radius 1 is 1.28 bits per heavy atom. The molecule has 1 aromatic heterocycles. The molecule has 0 aliphatic heterocycles. The highest BCUT2D eigenvalue weighted by Gasteiger charge is 2.12. The Kier molecular flexibility index (Phi) is 3.66. The molecule has 0 aliphatic rings. The Labute approximate surface area is 107 Å². The third kappa shape index (κ3) is 2.89. The van der Waals surface area contributed by atoms with E-state index in [1.54, 1.807) is 35.3 Å². The second-order valence-electron chi connectivity index (χ2n) is 3.89. The Balaban J connectivity index is 2.35. The fourth-order valence-corrected chi connectivity index (χ4v) is 2.81. The maximum Gasteiger partial charge on any atom is 0.232 e. The SMILES string of the molecule is CCCS(=O)(=O)Nc1ccccc1-n1cccn1. The lowest BCUT2D eigenvalue weighted by Crippen LogP contribution is -2.17. The molecule has 2 rings (SSSR count). The zero-order chi connectivity index (χ0) is 13.0. The summed E-state index contributed by atoms with van der Waals surface area (Å²) >= 11 is 0. The van der Waals surface area contributed by atoms with Crippen LogP contribution in [-0.4, -0.2) is 24.0 Å². The largest absolute Gasteiger partial charge is 0.281 e. The van der Waals surface area contributed by atoms with Crippen LogP contribution in [0.5, 0.6) is 0 Å². The number of sulfonamides is 1. The van der Waals surface area contributed by atoms with Crippen molar-refractivity contribution in [3.05, 3.63) is 42.7 Å². The van der Waals surface area contributed by atoms with Crippen LogP contribution in [0.1, 0.15) is 13.3 Å². The first-order valence-corrected chi connectivity index (χ1v) is 7.37. The van der Waals surface area contributed by atoms with E-state index in [2.05, 4.69) is 9.82 Å². The summed E-state index contributed by atoms with van der Waals surface area (Å²) in [7, 11) is -3.29. The molecular weight excluding hydrogens is 250 g/mol. The Bertz CT molecular complexity index is 606. The average molecular weight is 265 g/mol. The van der Waals surface area contributed by atoms with Gasteiger partial charge in [0, 0.05) is 12.4 Å². The molecule has 0 saturated carbocycles. The molecule has 0 atom stereocenters. The van der Waals surface area contributed by atoms with Gasteiger partial charge in [-0.15, -0.1) is 0 Å². The predicted molar refractivity (Wildman–Crippen MR) is 71.3 cm³/mol. The van der Waals surface area contributed by atoms with Gasteiger partial charge in [0.1, 0.15) is 0 Å². The van der Waals surface area contributed by atoms with E-state index >= 15 is 0 Å². The molecule has 1 aromatic carbocycles. The number of anilines is 1. The van der Waals surface area contributed by atoms with E-state index in [0.29, 0.717) is 17.8 Å². The van der Waals surface area contributed by atoms with E-state index in [1.807, 2.05) is 19.1 Å². The molecule has 0 radical (unpaired) electrons. The predicted octanol–water partition coefficient (Wildman–Crippen LogP) is 2.02. The van der Waals surface area contributed by atoms with Crippen molar-refractivity contribution < 1.29 is 8.42 Å². The van der Waals surface area contributed by atoms with E-state index in [4.69, 9.17) is 0 Å². The molecule has 0 saturated heterocycles. The molecule has 0 bridgehead atoms. The molecule has 0 spiro atoms. The quantitative estimate of drug-likeness (QED) is 0.899. The molecular formula is C12H15N3O2S. The molecule has 0 aliphatic carbocycles. The topological polar surface area (TPSA) is 64.0 Å². The van der Waals surface area contributed by atoms with Gasteiger partial charge in [0.15, 0.2) is 0 Å². The molecule has 0 unspecified atom stereocenters. The second kappa shape index (κ2) is 5.22. The van der Waals surface area contributed by atoms with Gasteiger partial charge in [0.2, 0.25) is 10.0 Å². The summed E-state index contributed by atoms with van der Waals surface area (Å²) in [6.07, 6.45) is 4.00. The maximum atomic E-state index is 11.8. The average Bonchev–Trinajstić information content (AvgIpc) is 2.82. The molecule has 5 nitrogen and oxygen atoms in total. The number of nitrogens with one attached hydrogen (secondary N) is 1. The van der Waals surface area contributed by atoms with E-state index < -0.39 is 10.0 Å². The summed E-state index contributed by atoms with van der Waals surface area (Å²) in [5.74, 6) is 0.112. The van der Waals surface area contributed by atoms with Crippen LogP contribution in [0.15, 0.2) is 42.7 Å². The number of hydrogen-bond acceptors (Lipinski definition) is 3. The summed E-state index contributed by atoms with van der Waals surface area (Å²) in [6.45, 7) is 1.83. The van der Waals surface area contributed by atoms with Crippen molar-refractivity contribution in [2.24, 2.45) is 0 Å². The zero-order valence-corrected chi connectivity index (χ0v) is 10.9. The molecule has 18 heavy (non-hydrogen) atoms. The van der Waals surface area contributed by atoms with E-state index in [0.717, 1.165) is 0 Å². The lowest BCUT2D eigenvalue weighted by molar-refractivity contribution is 0.600. The number of hydrogen-bond donors (Lipinski definition) is 1. The van der Waals surface area contributed by atoms with Crippen molar-refractivity contribution in [1.82, 2.24) is 9.78 Å². The van der Waals surface area contributed by atoms with E-state index in [-0.39, 0.29) is 5.75 Å². The highest BCUT2D eigenvalue weighted by atomic mass is 32.2. The number of rotatable bonds is 5. The van der Waals surface area contributed by atoms with Crippen LogP contribution >= 0.6 is 0 Å². The van der Waals surface area contributed by atoms with Gasteiger partial charge < -0.3 is 0 Å². The van der Waals surface area contributed by atoms with Crippen LogP contribution in [-0.2, 0) is 10.0 Å². The van der Waals surface area contributed by atoms with Crippen molar-refractivity contribution in [3.63, 3.8) is 0 Å². The lowest BCUT2D eigenvalue weighted by Gasteiger charge is -2.11. The highest BCUT2D eigenvalue weighted by Crippen LogP contribution is 2.20. The lowest BCUT2D eigenvalue weighted by atomic mass is 10.3. The first-order chi connectivity index (χ1) is 8.62. The van der Waals surface area contributed by atoms with Gasteiger partial charge in [-0.25, -0.2) is 13.1 Å². The molecule has 2 aromatic rings. The zero-order valence-electron chi connectivity index (χ0n) is 10.1. The standard InChI is InChI=1S/C12H15N3O2S/c1-2-10-18(16,17)14-11-6-3-4-7-12(11)15-9-5-8-13-15/h3-9,14H,2,10H2,1H3. The van der Waals surface area contributed by atoms with Gasteiger partial charge in [-0.3, -0.25) is 4.72 Å². The molecule has 0 fully saturated rings. The highest BCUT2D eigenvalue weighted by molar-refractivity contribution is 7.92. The van der Waals surface area contributed by atoms with Crippen LogP contribution in [0.25, 0.3) is 5.69 Å². The van der Waals surface area contributed by atoms with Crippen molar-refractivity contribution >= 4 is 15.7 Å². The Morgan fingerprint density at radius 2 is 2.06 bits per heavy atom. The van der Waals surface area contributed by atoms with E-state index in [1.165, 1.54) is 0 Å². The third-order valence-electron chi connectivity index (χ3n) is 2.39. The minimum atomic E-state index is -3.29. The fraction of sp³-hybridized carbons (Fsp3) is 0.250. The minimum absolute atomic E-state index is 0.112. The third-order valence-corrected chi connectivity index (χ3v) is 3.87. The Morgan fingerprint density at radius 3 is 2.72 bits per heavy atom. The van der Waals surface area contributed by atoms with Crippen LogP contribution in [0, 0.1) is 0 Å². The van der Waals surface area contributed by atoms with Gasteiger partial charge in [0.05, 0.1) is 17.1 Å². The van der Waals surface area contributed by atoms with Crippen LogP contribution in [0.4, 0.5) is 5.69 Å². The fourth-order valence-electron chi connectivity index (χ4n) is 1.66. The van der Waals surface area contributed by atoms with Crippen molar-refractivity contribution in [1.29, 1.82) is 0 Å². The van der Waals surface area contributed by atoms with E-state index in [9.17, 15) is 8.42 Å². The summed E-state index contributed by atoms with van der Waals surface area (Å²) < 4.78 is 27.8. The monoisotopic (exact) mass is 265 g/mol. The maximum absolute atomic E-state index is 11.8. The summed E-state index contributed by atoms with van der Waals surface area (Å²) in [5.41, 5.74) is 1.25. The molecule has 96 valence electrons. The van der Waals surface area contributed by atoms with Crippen molar-refractivity contribution in [2.45, 2.75) is 13.3 Å². The smallest absolute Gasteiger partial charge is 0.232 e. The van der Waals surface area contributed by atoms with Crippen molar-refractivity contribution in [2.75, 3.05) is 10.5 Å². The molecule has 1 heterocycles. The number of benzene rings is 1. The Hall–Kier alpha value is -1.82. The van der Waals surface area contributed by atoms with Gasteiger partial charge >= 0.3 is 0 Å². The number of nitrogens with zero attached hydrogens (tertiary/aromatic N) is 2. The van der Waals surface area contributed by atoms with Gasteiger partial charge in [-0.05, 0) is 24.6 Å². The van der Waals surface area contributed by atoms with Crippen LogP contribution in [0.3, 0.4) is 0 Å². The van der Waals surface area contributed by atoms with Crippen LogP contribution in [0.2, 0.25) is 0 Å². The normalized spacial score (nSPS) is 11.4. The van der Waals surface area contributed by atoms with Gasteiger partial charge in [-0.1, -0.05) is 19.1 Å². The molecule has 6 heteroatoms. The first-order valence-electron chi connectivity index (χ1n) is 5.72. The van der Waals surface area contributed by atoms with Crippen molar-refractivity contribution in [3.8, 4) is 5.69 Å². The summed E-state index contributed by atoms with van der Waals surface area (Å²) in [6, 6.07) is 8.96. The minimum Gasteiger partial charge on any atom is -0.281 e. The number of aromatic nitrogens is 2. The molecule has 0 amide bonds. The van der Waals surface area contributed by atoms with Crippen LogP contribution < -0.4 is 4.72 Å². The molecule has 1 N–H and O–H groups in total. The number of para-hydroxylation sites is 2. The summed E-state index contributed by atoms with van der Waals surface area (Å²) in [5, 5.41) is 4.10. The van der Waals surface area contributed by atoms with Gasteiger partial charge in [0.25, 0.3) is 0 Å². The second-order valence-corrected chi connectivity index (χ2v) is 5.73.